The van der Waals surface area contributed by atoms with Crippen LogP contribution in [-0.4, -0.2) is 27.6 Å². The Hall–Kier alpha value is -0.820. The molecule has 1 fully saturated rings. The van der Waals surface area contributed by atoms with Crippen molar-refractivity contribution in [3.8, 4) is 5.75 Å². The van der Waals surface area contributed by atoms with Gasteiger partial charge in [0.05, 0.1) is 7.11 Å². The minimum atomic E-state index is -3.61. The quantitative estimate of drug-likeness (QED) is 0.864. The number of hydrogen-bond acceptors (Lipinski definition) is 4. The van der Waals surface area contributed by atoms with E-state index in [0.29, 0.717) is 12.3 Å². The Morgan fingerprint density at radius 2 is 1.90 bits per heavy atom. The number of benzene rings is 1. The number of methoxy groups -OCH3 is 1. The summed E-state index contributed by atoms with van der Waals surface area (Å²) < 4.78 is 32.9. The maximum absolute atomic E-state index is 12.5. The van der Waals surface area contributed by atoms with E-state index in [2.05, 4.69) is 4.72 Å². The lowest BCUT2D eigenvalue weighted by Gasteiger charge is -2.28. The average Bonchev–Trinajstić information content (AvgIpc) is 2.87. The molecular formula is C13H21ClN2O3S. The van der Waals surface area contributed by atoms with Gasteiger partial charge in [0, 0.05) is 12.1 Å². The average molecular weight is 321 g/mol. The topological polar surface area (TPSA) is 81.4 Å². The first-order valence-corrected chi connectivity index (χ1v) is 7.88. The van der Waals surface area contributed by atoms with Gasteiger partial charge in [-0.1, -0.05) is 25.0 Å². The molecule has 20 heavy (non-hydrogen) atoms. The van der Waals surface area contributed by atoms with Crippen LogP contribution in [0.25, 0.3) is 0 Å². The van der Waals surface area contributed by atoms with Crippen LogP contribution in [0.2, 0.25) is 0 Å². The van der Waals surface area contributed by atoms with Gasteiger partial charge in [-0.3, -0.25) is 0 Å². The molecular weight excluding hydrogens is 300 g/mol. The summed E-state index contributed by atoms with van der Waals surface area (Å²) in [6.07, 6.45) is 3.59. The molecule has 0 atom stereocenters. The first kappa shape index (κ1) is 17.2. The number of ether oxygens (including phenoxy) is 1. The molecule has 1 saturated carbocycles. The molecule has 0 radical (unpaired) electrons. The van der Waals surface area contributed by atoms with E-state index in [4.69, 9.17) is 10.5 Å². The molecule has 114 valence electrons. The van der Waals surface area contributed by atoms with Crippen molar-refractivity contribution in [1.29, 1.82) is 0 Å². The van der Waals surface area contributed by atoms with Crippen molar-refractivity contribution in [2.24, 2.45) is 5.73 Å². The fraction of sp³-hybridized carbons (Fsp3) is 0.538. The molecule has 0 bridgehead atoms. The van der Waals surface area contributed by atoms with Gasteiger partial charge in [0.25, 0.3) is 0 Å². The van der Waals surface area contributed by atoms with Crippen LogP contribution >= 0.6 is 12.4 Å². The third-order valence-electron chi connectivity index (χ3n) is 3.66. The highest BCUT2D eigenvalue weighted by Crippen LogP contribution is 2.32. The summed E-state index contributed by atoms with van der Waals surface area (Å²) in [4.78, 5) is 0.164. The highest BCUT2D eigenvalue weighted by atomic mass is 35.5. The second-order valence-electron chi connectivity index (χ2n) is 4.95. The Morgan fingerprint density at radius 3 is 2.45 bits per heavy atom. The largest absolute Gasteiger partial charge is 0.495 e. The second-order valence-corrected chi connectivity index (χ2v) is 6.60. The summed E-state index contributed by atoms with van der Waals surface area (Å²) in [6.45, 7) is 0.321. The lowest BCUT2D eigenvalue weighted by Crippen LogP contribution is -2.51. The highest BCUT2D eigenvalue weighted by Gasteiger charge is 2.37. The molecule has 1 aromatic carbocycles. The first-order valence-electron chi connectivity index (χ1n) is 6.40. The van der Waals surface area contributed by atoms with E-state index in [-0.39, 0.29) is 17.3 Å². The minimum Gasteiger partial charge on any atom is -0.495 e. The summed E-state index contributed by atoms with van der Waals surface area (Å²) in [5.41, 5.74) is 5.27. The van der Waals surface area contributed by atoms with E-state index in [1.165, 1.54) is 7.11 Å². The number of rotatable bonds is 5. The van der Waals surface area contributed by atoms with Crippen LogP contribution in [-0.2, 0) is 10.0 Å². The molecule has 0 amide bonds. The van der Waals surface area contributed by atoms with Crippen LogP contribution in [0.3, 0.4) is 0 Å². The predicted molar refractivity (Wildman–Crippen MR) is 80.8 cm³/mol. The SMILES string of the molecule is COc1ccccc1S(=O)(=O)NC1(CN)CCCC1.Cl. The third-order valence-corrected chi connectivity index (χ3v) is 5.28. The molecule has 5 nitrogen and oxygen atoms in total. The van der Waals surface area contributed by atoms with E-state index < -0.39 is 15.6 Å². The Morgan fingerprint density at radius 1 is 1.30 bits per heavy atom. The molecule has 0 aliphatic heterocycles. The standard InChI is InChI=1S/C13H20N2O3S.ClH/c1-18-11-6-2-3-7-12(11)19(16,17)15-13(10-14)8-4-5-9-13;/h2-3,6-7,15H,4-5,8-10,14H2,1H3;1H. The van der Waals surface area contributed by atoms with Crippen molar-refractivity contribution >= 4 is 22.4 Å². The van der Waals surface area contributed by atoms with Gasteiger partial charge >= 0.3 is 0 Å². The van der Waals surface area contributed by atoms with E-state index in [1.807, 2.05) is 0 Å². The van der Waals surface area contributed by atoms with Gasteiger partial charge in [0.15, 0.2) is 0 Å². The normalized spacial score (nSPS) is 17.5. The van der Waals surface area contributed by atoms with Crippen molar-refractivity contribution in [2.45, 2.75) is 36.1 Å². The second kappa shape index (κ2) is 6.76. The molecule has 2 rings (SSSR count). The molecule has 0 aromatic heterocycles. The maximum Gasteiger partial charge on any atom is 0.244 e. The van der Waals surface area contributed by atoms with Crippen molar-refractivity contribution in [1.82, 2.24) is 4.72 Å². The van der Waals surface area contributed by atoms with Gasteiger partial charge in [0.2, 0.25) is 10.0 Å². The number of sulfonamides is 1. The molecule has 3 N–H and O–H groups in total. The number of nitrogens with one attached hydrogen (secondary N) is 1. The zero-order chi connectivity index (χ0) is 13.9. The molecule has 0 unspecified atom stereocenters. The van der Waals surface area contributed by atoms with Crippen LogP contribution in [0, 0.1) is 0 Å². The zero-order valence-corrected chi connectivity index (χ0v) is 13.1. The van der Waals surface area contributed by atoms with Gasteiger partial charge in [-0.2, -0.15) is 0 Å². The summed E-state index contributed by atoms with van der Waals surface area (Å²) >= 11 is 0. The van der Waals surface area contributed by atoms with E-state index in [9.17, 15) is 8.42 Å². The molecule has 0 heterocycles. The van der Waals surface area contributed by atoms with Crippen LogP contribution in [0.4, 0.5) is 0 Å². The fourth-order valence-corrected chi connectivity index (χ4v) is 4.22. The van der Waals surface area contributed by atoms with Crippen molar-refractivity contribution in [3.05, 3.63) is 24.3 Å². The third kappa shape index (κ3) is 3.44. The van der Waals surface area contributed by atoms with E-state index >= 15 is 0 Å². The van der Waals surface area contributed by atoms with Gasteiger partial charge in [0.1, 0.15) is 10.6 Å². The van der Waals surface area contributed by atoms with Crippen molar-refractivity contribution in [3.63, 3.8) is 0 Å². The Balaban J connectivity index is 0.00000200. The predicted octanol–water partition coefficient (Wildman–Crippen LogP) is 1.67. The molecule has 0 saturated heterocycles. The molecule has 0 spiro atoms. The van der Waals surface area contributed by atoms with Crippen LogP contribution in [0.5, 0.6) is 5.75 Å². The number of halogens is 1. The van der Waals surface area contributed by atoms with Gasteiger partial charge in [-0.25, -0.2) is 13.1 Å². The fourth-order valence-electron chi connectivity index (χ4n) is 2.58. The van der Waals surface area contributed by atoms with E-state index in [0.717, 1.165) is 25.7 Å². The smallest absolute Gasteiger partial charge is 0.244 e. The van der Waals surface area contributed by atoms with Gasteiger partial charge in [-0.15, -0.1) is 12.4 Å². The molecule has 1 aliphatic carbocycles. The maximum atomic E-state index is 12.5. The number of nitrogens with two attached hydrogens (primary N) is 1. The molecule has 7 heteroatoms. The van der Waals surface area contributed by atoms with E-state index in [1.54, 1.807) is 24.3 Å². The zero-order valence-electron chi connectivity index (χ0n) is 11.5. The number of para-hydroxylation sites is 1. The van der Waals surface area contributed by atoms with Gasteiger partial charge < -0.3 is 10.5 Å². The van der Waals surface area contributed by atoms with Crippen molar-refractivity contribution in [2.75, 3.05) is 13.7 Å². The summed E-state index contributed by atoms with van der Waals surface area (Å²) in [7, 11) is -2.15. The van der Waals surface area contributed by atoms with Crippen LogP contribution in [0.1, 0.15) is 25.7 Å². The Labute approximate surface area is 126 Å². The first-order chi connectivity index (χ1) is 9.03. The summed E-state index contributed by atoms with van der Waals surface area (Å²) in [5, 5.41) is 0. The lowest BCUT2D eigenvalue weighted by molar-refractivity contribution is 0.389. The Bertz CT molecular complexity index is 542. The lowest BCUT2D eigenvalue weighted by atomic mass is 10.0. The minimum absolute atomic E-state index is 0. The summed E-state index contributed by atoms with van der Waals surface area (Å²) in [6, 6.07) is 6.60. The monoisotopic (exact) mass is 320 g/mol. The van der Waals surface area contributed by atoms with Gasteiger partial charge in [-0.05, 0) is 25.0 Å². The number of hydrogen-bond donors (Lipinski definition) is 2. The summed E-state index contributed by atoms with van der Waals surface area (Å²) in [5.74, 6) is 0.347. The molecule has 1 aromatic rings. The van der Waals surface area contributed by atoms with Crippen LogP contribution < -0.4 is 15.2 Å². The highest BCUT2D eigenvalue weighted by molar-refractivity contribution is 7.89. The van der Waals surface area contributed by atoms with Crippen molar-refractivity contribution < 1.29 is 13.2 Å². The van der Waals surface area contributed by atoms with Crippen LogP contribution in [0.15, 0.2) is 29.2 Å². The molecule has 1 aliphatic rings. The Kier molecular flexibility index (Phi) is 5.82.